The average molecular weight is 380 g/mol. The Labute approximate surface area is 155 Å². The van der Waals surface area contributed by atoms with Crippen molar-refractivity contribution in [2.24, 2.45) is 0 Å². The minimum Gasteiger partial charge on any atom is -0.467 e. The van der Waals surface area contributed by atoms with Gasteiger partial charge in [0, 0.05) is 6.42 Å². The maximum Gasteiger partial charge on any atom is 0.331 e. The number of ether oxygens (including phenoxy) is 7. The number of hydrogen-bond donors (Lipinski definition) is 0. The Hall–Kier alpha value is -1.26. The van der Waals surface area contributed by atoms with Gasteiger partial charge in [-0.1, -0.05) is 6.92 Å². The van der Waals surface area contributed by atoms with Crippen molar-refractivity contribution in [3.05, 3.63) is 0 Å². The minimum absolute atomic E-state index is 0.0680. The van der Waals surface area contributed by atoms with Gasteiger partial charge in [-0.2, -0.15) is 0 Å². The Balaban J connectivity index is 3.07. The van der Waals surface area contributed by atoms with Crippen LogP contribution < -0.4 is 0 Å². The fraction of sp³-hybridized carbons (Fsp3) is 0.882. The molecule has 0 rings (SSSR count). The van der Waals surface area contributed by atoms with Crippen LogP contribution in [0.5, 0.6) is 0 Å². The van der Waals surface area contributed by atoms with Crippen LogP contribution in [-0.2, 0) is 42.7 Å². The van der Waals surface area contributed by atoms with Crippen LogP contribution in [0.25, 0.3) is 0 Å². The molecule has 9 nitrogen and oxygen atoms in total. The smallest absolute Gasteiger partial charge is 0.331 e. The average Bonchev–Trinajstić information content (AvgIpc) is 2.64. The molecular formula is C17H32O9. The van der Waals surface area contributed by atoms with Crippen LogP contribution in [0.1, 0.15) is 19.8 Å². The molecule has 0 spiro atoms. The lowest BCUT2D eigenvalue weighted by Crippen LogP contribution is -2.16. The summed E-state index contributed by atoms with van der Waals surface area (Å²) in [5.74, 6) is -0.601. The topological polar surface area (TPSA) is 98.8 Å². The monoisotopic (exact) mass is 380 g/mol. The van der Waals surface area contributed by atoms with Gasteiger partial charge in [-0.15, -0.1) is 0 Å². The first-order valence-electron chi connectivity index (χ1n) is 8.81. The third-order valence-corrected chi connectivity index (χ3v) is 2.88. The highest BCUT2D eigenvalue weighted by atomic mass is 16.6. The van der Waals surface area contributed by atoms with E-state index in [1.54, 1.807) is 0 Å². The zero-order valence-electron chi connectivity index (χ0n) is 15.9. The van der Waals surface area contributed by atoms with E-state index in [2.05, 4.69) is 4.74 Å². The highest BCUT2D eigenvalue weighted by Gasteiger charge is 2.00. The third-order valence-electron chi connectivity index (χ3n) is 2.88. The molecule has 0 aromatic heterocycles. The van der Waals surface area contributed by atoms with Crippen molar-refractivity contribution in [1.82, 2.24) is 0 Å². The van der Waals surface area contributed by atoms with Crippen molar-refractivity contribution >= 4 is 11.9 Å². The van der Waals surface area contributed by atoms with Crippen LogP contribution >= 0.6 is 0 Å². The summed E-state index contributed by atoms with van der Waals surface area (Å²) in [5, 5.41) is 0. The summed E-state index contributed by atoms with van der Waals surface area (Å²) in [7, 11) is 1.31. The lowest BCUT2D eigenvalue weighted by molar-refractivity contribution is -0.146. The summed E-state index contributed by atoms with van der Waals surface area (Å²) in [6.45, 7) is 5.97. The van der Waals surface area contributed by atoms with Crippen molar-refractivity contribution in [3.8, 4) is 0 Å². The molecule has 0 saturated heterocycles. The number of hydrogen-bond acceptors (Lipinski definition) is 9. The van der Waals surface area contributed by atoms with Crippen molar-refractivity contribution in [1.29, 1.82) is 0 Å². The van der Waals surface area contributed by atoms with E-state index >= 15 is 0 Å². The summed E-state index contributed by atoms with van der Waals surface area (Å²) in [4.78, 5) is 21.8. The van der Waals surface area contributed by atoms with E-state index in [0.29, 0.717) is 65.9 Å². The Morgan fingerprint density at radius 1 is 0.615 bits per heavy atom. The Morgan fingerprint density at radius 3 is 1.46 bits per heavy atom. The Bertz CT molecular complexity index is 336. The molecule has 0 radical (unpaired) electrons. The molecule has 0 aliphatic heterocycles. The molecule has 0 fully saturated rings. The van der Waals surface area contributed by atoms with Crippen molar-refractivity contribution in [2.75, 3.05) is 79.8 Å². The van der Waals surface area contributed by atoms with E-state index in [1.807, 2.05) is 6.92 Å². The molecule has 0 aliphatic rings. The number of carbonyl (C=O) groups is 2. The number of esters is 2. The van der Waals surface area contributed by atoms with E-state index in [0.717, 1.165) is 6.42 Å². The molecule has 9 heteroatoms. The van der Waals surface area contributed by atoms with Crippen molar-refractivity contribution in [3.63, 3.8) is 0 Å². The van der Waals surface area contributed by atoms with Gasteiger partial charge in [0.1, 0.15) is 13.2 Å². The Morgan fingerprint density at radius 2 is 1.04 bits per heavy atom. The Kier molecular flexibility index (Phi) is 19.1. The SMILES string of the molecule is CCCC(=O)OCCOCCOCCOCCOCCOCC(=O)OC. The molecule has 0 atom stereocenters. The van der Waals surface area contributed by atoms with Crippen LogP contribution in [0.15, 0.2) is 0 Å². The molecule has 0 aliphatic carbocycles. The minimum atomic E-state index is -0.408. The van der Waals surface area contributed by atoms with Crippen LogP contribution in [0, 0.1) is 0 Å². The molecule has 0 heterocycles. The van der Waals surface area contributed by atoms with E-state index < -0.39 is 5.97 Å². The van der Waals surface area contributed by atoms with E-state index in [-0.39, 0.29) is 19.2 Å². The second-order valence-electron chi connectivity index (χ2n) is 5.05. The van der Waals surface area contributed by atoms with E-state index in [4.69, 9.17) is 28.4 Å². The number of carbonyl (C=O) groups excluding carboxylic acids is 2. The molecule has 0 aromatic rings. The van der Waals surface area contributed by atoms with Crippen LogP contribution in [0.2, 0.25) is 0 Å². The highest BCUT2D eigenvalue weighted by Crippen LogP contribution is 1.91. The van der Waals surface area contributed by atoms with Crippen LogP contribution in [0.4, 0.5) is 0 Å². The molecule has 0 N–H and O–H groups in total. The van der Waals surface area contributed by atoms with Crippen molar-refractivity contribution < 1.29 is 42.7 Å². The van der Waals surface area contributed by atoms with E-state index in [9.17, 15) is 9.59 Å². The maximum atomic E-state index is 11.1. The van der Waals surface area contributed by atoms with Gasteiger partial charge >= 0.3 is 11.9 Å². The largest absolute Gasteiger partial charge is 0.467 e. The first kappa shape index (κ1) is 24.7. The number of rotatable bonds is 19. The molecule has 26 heavy (non-hydrogen) atoms. The molecular weight excluding hydrogens is 348 g/mol. The zero-order chi connectivity index (χ0) is 19.3. The zero-order valence-corrected chi connectivity index (χ0v) is 15.9. The predicted molar refractivity (Wildman–Crippen MR) is 92.0 cm³/mol. The predicted octanol–water partition coefficient (Wildman–Crippen LogP) is 0.586. The highest BCUT2D eigenvalue weighted by molar-refractivity contribution is 5.70. The first-order chi connectivity index (χ1) is 12.7. The fourth-order valence-electron chi connectivity index (χ4n) is 1.58. The van der Waals surface area contributed by atoms with Gasteiger partial charge in [0.2, 0.25) is 0 Å². The molecule has 0 amide bonds. The molecule has 0 bridgehead atoms. The second kappa shape index (κ2) is 20.1. The summed E-state index contributed by atoms with van der Waals surface area (Å²) < 4.78 is 35.6. The summed E-state index contributed by atoms with van der Waals surface area (Å²) in [6.07, 6.45) is 1.23. The van der Waals surface area contributed by atoms with Gasteiger partial charge in [-0.3, -0.25) is 4.79 Å². The van der Waals surface area contributed by atoms with Gasteiger partial charge in [-0.05, 0) is 6.42 Å². The van der Waals surface area contributed by atoms with Gasteiger partial charge in [0.25, 0.3) is 0 Å². The van der Waals surface area contributed by atoms with Gasteiger partial charge < -0.3 is 33.2 Å². The van der Waals surface area contributed by atoms with Crippen molar-refractivity contribution in [2.45, 2.75) is 19.8 Å². The third kappa shape index (κ3) is 19.1. The standard InChI is InChI=1S/C17H32O9/c1-3-4-16(18)26-14-13-24-10-9-22-6-5-21-7-8-23-11-12-25-15-17(19)20-2/h3-15H2,1-2H3. The fourth-order valence-corrected chi connectivity index (χ4v) is 1.58. The molecule has 154 valence electrons. The molecule has 0 aromatic carbocycles. The lowest BCUT2D eigenvalue weighted by atomic mass is 10.3. The van der Waals surface area contributed by atoms with Gasteiger partial charge in [-0.25, -0.2) is 4.79 Å². The van der Waals surface area contributed by atoms with Crippen LogP contribution in [0.3, 0.4) is 0 Å². The van der Waals surface area contributed by atoms with Gasteiger partial charge in [0.05, 0.1) is 66.6 Å². The molecule has 0 unspecified atom stereocenters. The van der Waals surface area contributed by atoms with E-state index in [1.165, 1.54) is 7.11 Å². The maximum absolute atomic E-state index is 11.1. The van der Waals surface area contributed by atoms with Gasteiger partial charge in [0.15, 0.2) is 0 Å². The summed E-state index contributed by atoms with van der Waals surface area (Å²) in [6, 6.07) is 0. The quantitative estimate of drug-likeness (QED) is 0.235. The first-order valence-corrected chi connectivity index (χ1v) is 8.81. The second-order valence-corrected chi connectivity index (χ2v) is 5.05. The normalized spacial score (nSPS) is 10.7. The lowest BCUT2D eigenvalue weighted by Gasteiger charge is -2.08. The number of methoxy groups -OCH3 is 1. The summed E-state index contributed by atoms with van der Waals surface area (Å²) >= 11 is 0. The molecule has 0 saturated carbocycles. The summed E-state index contributed by atoms with van der Waals surface area (Å²) in [5.41, 5.74) is 0. The van der Waals surface area contributed by atoms with Crippen LogP contribution in [-0.4, -0.2) is 91.7 Å².